The van der Waals surface area contributed by atoms with Crippen LogP contribution in [0.3, 0.4) is 0 Å². The second kappa shape index (κ2) is 7.84. The third kappa shape index (κ3) is 4.85. The van der Waals surface area contributed by atoms with Gasteiger partial charge in [0.2, 0.25) is 0 Å². The minimum atomic E-state index is 0.156. The Bertz CT molecular complexity index is 360. The Labute approximate surface area is 108 Å². The van der Waals surface area contributed by atoms with E-state index in [2.05, 4.69) is 20.6 Å². The maximum atomic E-state index is 8.98. The van der Waals surface area contributed by atoms with Crippen LogP contribution in [0, 0.1) is 5.92 Å². The molecule has 0 fully saturated rings. The summed E-state index contributed by atoms with van der Waals surface area (Å²) in [5.41, 5.74) is 0. The fourth-order valence-electron chi connectivity index (χ4n) is 1.32. The zero-order valence-corrected chi connectivity index (χ0v) is 11.2. The third-order valence-electron chi connectivity index (χ3n) is 2.41. The number of nitrogens with zero attached hydrogens (tertiary/aromatic N) is 2. The van der Waals surface area contributed by atoms with E-state index in [1.165, 1.54) is 0 Å². The van der Waals surface area contributed by atoms with Gasteiger partial charge < -0.3 is 20.5 Å². The normalized spacial score (nSPS) is 12.2. The first kappa shape index (κ1) is 14.7. The number of anilines is 2. The lowest BCUT2D eigenvalue weighted by Gasteiger charge is -2.12. The molecule has 1 atom stereocenters. The average molecular weight is 254 g/mol. The summed E-state index contributed by atoms with van der Waals surface area (Å²) in [6.45, 7) is 5.76. The van der Waals surface area contributed by atoms with Crippen LogP contribution in [0.4, 0.5) is 11.6 Å². The fraction of sp³-hybridized carbons (Fsp3) is 0.667. The lowest BCUT2D eigenvalue weighted by molar-refractivity contribution is 0.128. The number of rotatable bonds is 8. The molecule has 3 N–H and O–H groups in total. The van der Waals surface area contributed by atoms with E-state index in [0.717, 1.165) is 11.6 Å². The van der Waals surface area contributed by atoms with Crippen molar-refractivity contribution in [1.29, 1.82) is 0 Å². The van der Waals surface area contributed by atoms with E-state index in [0.29, 0.717) is 25.6 Å². The highest BCUT2D eigenvalue weighted by atomic mass is 16.5. The summed E-state index contributed by atoms with van der Waals surface area (Å²) in [7, 11) is 1.81. The predicted molar refractivity (Wildman–Crippen MR) is 71.6 cm³/mol. The van der Waals surface area contributed by atoms with E-state index < -0.39 is 0 Å². The maximum absolute atomic E-state index is 8.98. The second-order valence-electron chi connectivity index (χ2n) is 4.11. The molecule has 1 heterocycles. The van der Waals surface area contributed by atoms with Gasteiger partial charge in [-0.25, -0.2) is 9.97 Å². The summed E-state index contributed by atoms with van der Waals surface area (Å²) in [5.74, 6) is 2.32. The summed E-state index contributed by atoms with van der Waals surface area (Å²) in [4.78, 5) is 8.66. The lowest BCUT2D eigenvalue weighted by Crippen LogP contribution is -2.16. The molecule has 18 heavy (non-hydrogen) atoms. The molecular weight excluding hydrogens is 232 g/mol. The first-order valence-corrected chi connectivity index (χ1v) is 6.17. The quantitative estimate of drug-likeness (QED) is 0.644. The molecule has 1 rings (SSSR count). The van der Waals surface area contributed by atoms with Crippen LogP contribution in [0.5, 0.6) is 0 Å². The minimum Gasteiger partial charge on any atom is -0.396 e. The van der Waals surface area contributed by atoms with Crippen LogP contribution in [0.25, 0.3) is 0 Å². The maximum Gasteiger partial charge on any atom is 0.158 e. The van der Waals surface area contributed by atoms with Gasteiger partial charge in [0.15, 0.2) is 5.82 Å². The Hall–Kier alpha value is -1.40. The van der Waals surface area contributed by atoms with Gasteiger partial charge >= 0.3 is 0 Å². The molecule has 1 aromatic rings. The SMILES string of the molecule is CCOCc1nc(NC)cc(NCC(C)CO)n1. The van der Waals surface area contributed by atoms with Gasteiger partial charge in [0, 0.05) is 32.9 Å². The Morgan fingerprint density at radius 2 is 2.11 bits per heavy atom. The van der Waals surface area contributed by atoms with E-state index in [1.54, 1.807) is 0 Å². The van der Waals surface area contributed by atoms with E-state index in [1.807, 2.05) is 27.0 Å². The van der Waals surface area contributed by atoms with Crippen LogP contribution in [-0.4, -0.2) is 41.9 Å². The summed E-state index contributed by atoms with van der Waals surface area (Å²) in [5, 5.41) is 15.1. The Kier molecular flexibility index (Phi) is 6.38. The summed E-state index contributed by atoms with van der Waals surface area (Å²) in [6.07, 6.45) is 0. The molecule has 1 unspecified atom stereocenters. The first-order valence-electron chi connectivity index (χ1n) is 6.17. The molecule has 1 aromatic heterocycles. The number of hydrogen-bond donors (Lipinski definition) is 3. The highest BCUT2D eigenvalue weighted by Gasteiger charge is 2.05. The Morgan fingerprint density at radius 1 is 1.39 bits per heavy atom. The van der Waals surface area contributed by atoms with Crippen molar-refractivity contribution in [1.82, 2.24) is 9.97 Å². The van der Waals surface area contributed by atoms with E-state index in [4.69, 9.17) is 9.84 Å². The van der Waals surface area contributed by atoms with Crippen LogP contribution in [0.1, 0.15) is 19.7 Å². The average Bonchev–Trinajstić information content (AvgIpc) is 2.42. The fourth-order valence-corrected chi connectivity index (χ4v) is 1.32. The van der Waals surface area contributed by atoms with Crippen molar-refractivity contribution in [3.05, 3.63) is 11.9 Å². The van der Waals surface area contributed by atoms with Crippen molar-refractivity contribution >= 4 is 11.6 Å². The van der Waals surface area contributed by atoms with Crippen molar-refractivity contribution < 1.29 is 9.84 Å². The van der Waals surface area contributed by atoms with Crippen LogP contribution in [0.2, 0.25) is 0 Å². The topological polar surface area (TPSA) is 79.3 Å². The molecule has 0 aliphatic rings. The molecule has 102 valence electrons. The zero-order valence-electron chi connectivity index (χ0n) is 11.2. The van der Waals surface area contributed by atoms with Crippen molar-refractivity contribution in [3.63, 3.8) is 0 Å². The first-order chi connectivity index (χ1) is 8.69. The third-order valence-corrected chi connectivity index (χ3v) is 2.41. The molecule has 0 saturated carbocycles. The molecule has 0 bridgehead atoms. The lowest BCUT2D eigenvalue weighted by atomic mass is 10.2. The molecule has 0 spiro atoms. The number of aliphatic hydroxyl groups excluding tert-OH is 1. The Morgan fingerprint density at radius 3 is 2.72 bits per heavy atom. The predicted octanol–water partition coefficient (Wildman–Crippen LogP) is 1.10. The minimum absolute atomic E-state index is 0.156. The molecule has 0 saturated heterocycles. The molecular formula is C12H22N4O2. The molecule has 0 aromatic carbocycles. The van der Waals surface area contributed by atoms with Crippen LogP contribution < -0.4 is 10.6 Å². The van der Waals surface area contributed by atoms with Gasteiger partial charge in [-0.2, -0.15) is 0 Å². The van der Waals surface area contributed by atoms with E-state index in [9.17, 15) is 0 Å². The number of aromatic nitrogens is 2. The monoisotopic (exact) mass is 254 g/mol. The van der Waals surface area contributed by atoms with Crippen molar-refractivity contribution in [2.45, 2.75) is 20.5 Å². The number of nitrogens with one attached hydrogen (secondary N) is 2. The summed E-state index contributed by atoms with van der Waals surface area (Å²) < 4.78 is 5.30. The van der Waals surface area contributed by atoms with Crippen molar-refractivity contribution in [2.75, 3.05) is 37.4 Å². The van der Waals surface area contributed by atoms with Gasteiger partial charge in [-0.1, -0.05) is 6.92 Å². The molecule has 0 aliphatic heterocycles. The molecule has 0 aliphatic carbocycles. The molecule has 0 radical (unpaired) electrons. The zero-order chi connectivity index (χ0) is 13.4. The van der Waals surface area contributed by atoms with E-state index >= 15 is 0 Å². The van der Waals surface area contributed by atoms with Gasteiger partial charge in [-0.05, 0) is 12.8 Å². The standard InChI is InChI=1S/C12H22N4O2/c1-4-18-8-12-15-10(13-3)5-11(16-12)14-6-9(2)7-17/h5,9,17H,4,6-8H2,1-3H3,(H2,13,14,15,16). The van der Waals surface area contributed by atoms with Gasteiger partial charge in [0.25, 0.3) is 0 Å². The molecule has 6 heteroatoms. The largest absolute Gasteiger partial charge is 0.396 e. The van der Waals surface area contributed by atoms with Gasteiger partial charge in [-0.3, -0.25) is 0 Å². The molecule has 0 amide bonds. The highest BCUT2D eigenvalue weighted by Crippen LogP contribution is 2.12. The summed E-state index contributed by atoms with van der Waals surface area (Å²) >= 11 is 0. The van der Waals surface area contributed by atoms with Crippen LogP contribution >= 0.6 is 0 Å². The van der Waals surface area contributed by atoms with Gasteiger partial charge in [0.1, 0.15) is 18.2 Å². The van der Waals surface area contributed by atoms with Crippen LogP contribution in [-0.2, 0) is 11.3 Å². The summed E-state index contributed by atoms with van der Waals surface area (Å²) in [6, 6.07) is 1.83. The number of aliphatic hydroxyl groups is 1. The number of hydrogen-bond acceptors (Lipinski definition) is 6. The van der Waals surface area contributed by atoms with E-state index in [-0.39, 0.29) is 12.5 Å². The van der Waals surface area contributed by atoms with Crippen molar-refractivity contribution in [3.8, 4) is 0 Å². The van der Waals surface area contributed by atoms with Crippen LogP contribution in [0.15, 0.2) is 6.07 Å². The Balaban J connectivity index is 2.70. The molecule has 6 nitrogen and oxygen atoms in total. The van der Waals surface area contributed by atoms with Crippen molar-refractivity contribution in [2.24, 2.45) is 5.92 Å². The van der Waals surface area contributed by atoms with Gasteiger partial charge in [0.05, 0.1) is 0 Å². The van der Waals surface area contributed by atoms with Gasteiger partial charge in [-0.15, -0.1) is 0 Å². The highest BCUT2D eigenvalue weighted by molar-refractivity contribution is 5.47. The number of ether oxygens (including phenoxy) is 1. The smallest absolute Gasteiger partial charge is 0.158 e. The second-order valence-corrected chi connectivity index (χ2v) is 4.11.